The summed E-state index contributed by atoms with van der Waals surface area (Å²) in [5.41, 5.74) is 7.23. The second kappa shape index (κ2) is 9.18. The minimum atomic E-state index is 0.0209. The van der Waals surface area contributed by atoms with Crippen molar-refractivity contribution in [3.63, 3.8) is 0 Å². The summed E-state index contributed by atoms with van der Waals surface area (Å²) in [5, 5.41) is 4.46. The van der Waals surface area contributed by atoms with Crippen molar-refractivity contribution in [2.75, 3.05) is 20.1 Å². The number of carbonyl (C=O) groups is 1. The number of hydrogen-bond acceptors (Lipinski definition) is 2. The van der Waals surface area contributed by atoms with Crippen molar-refractivity contribution in [2.45, 2.75) is 45.1 Å². The number of aromatic nitrogens is 1. The van der Waals surface area contributed by atoms with Crippen molar-refractivity contribution >= 4 is 16.8 Å². The lowest BCUT2D eigenvalue weighted by molar-refractivity contribution is 0.0950. The summed E-state index contributed by atoms with van der Waals surface area (Å²) < 4.78 is 0. The molecule has 4 nitrogen and oxygen atoms in total. The molecule has 2 aliphatic rings. The van der Waals surface area contributed by atoms with E-state index in [1.807, 2.05) is 12.1 Å². The maximum absolute atomic E-state index is 12.7. The van der Waals surface area contributed by atoms with Crippen LogP contribution in [0, 0.1) is 11.8 Å². The number of H-pyrrole nitrogens is 1. The first-order chi connectivity index (χ1) is 16.0. The monoisotopic (exact) mass is 441 g/mol. The quantitative estimate of drug-likeness (QED) is 0.487. The first-order valence-corrected chi connectivity index (χ1v) is 12.3. The fraction of sp³-hybridized carbons (Fsp3) is 0.414. The lowest BCUT2D eigenvalue weighted by atomic mass is 9.78. The summed E-state index contributed by atoms with van der Waals surface area (Å²) in [6.07, 6.45) is 5.60. The predicted octanol–water partition coefficient (Wildman–Crippen LogP) is 5.86. The standard InChI is InChI=1S/C29H35N3O/c1-19-16-20(2)18-21(17-19)12-14-30-29(33)23-10-8-22(9-11-23)28-27-25(13-15-32(28)3)24-6-4-5-7-26(24)31-27/h4-11,20-21,28,31H,1,12-18H2,2-3H3,(H,30,33). The van der Waals surface area contributed by atoms with E-state index in [0.717, 1.165) is 50.3 Å². The molecule has 2 aromatic carbocycles. The molecule has 3 aromatic rings. The van der Waals surface area contributed by atoms with Gasteiger partial charge in [-0.05, 0) is 80.3 Å². The van der Waals surface area contributed by atoms with Gasteiger partial charge in [-0.25, -0.2) is 0 Å². The van der Waals surface area contributed by atoms with Gasteiger partial charge in [0.15, 0.2) is 0 Å². The number of carbonyl (C=O) groups excluding carboxylic acids is 1. The van der Waals surface area contributed by atoms with Gasteiger partial charge in [0.05, 0.1) is 6.04 Å². The molecule has 33 heavy (non-hydrogen) atoms. The van der Waals surface area contributed by atoms with Crippen molar-refractivity contribution in [3.05, 3.63) is 83.1 Å². The maximum atomic E-state index is 12.7. The van der Waals surface area contributed by atoms with Crippen molar-refractivity contribution in [1.82, 2.24) is 15.2 Å². The Hall–Kier alpha value is -2.85. The highest BCUT2D eigenvalue weighted by molar-refractivity contribution is 5.94. The third kappa shape index (κ3) is 4.49. The van der Waals surface area contributed by atoms with E-state index in [1.165, 1.54) is 39.7 Å². The molecule has 1 amide bonds. The molecule has 4 heteroatoms. The summed E-state index contributed by atoms with van der Waals surface area (Å²) in [5.74, 6) is 1.39. The highest BCUT2D eigenvalue weighted by Crippen LogP contribution is 2.37. The Morgan fingerprint density at radius 3 is 2.73 bits per heavy atom. The van der Waals surface area contributed by atoms with Crippen LogP contribution in [0.25, 0.3) is 10.9 Å². The van der Waals surface area contributed by atoms with Crippen LogP contribution in [0.4, 0.5) is 0 Å². The molecule has 1 fully saturated rings. The van der Waals surface area contributed by atoms with Gasteiger partial charge in [-0.15, -0.1) is 0 Å². The Labute approximate surface area is 197 Å². The van der Waals surface area contributed by atoms with Crippen LogP contribution in [0.15, 0.2) is 60.7 Å². The molecular weight excluding hydrogens is 406 g/mol. The van der Waals surface area contributed by atoms with E-state index in [0.29, 0.717) is 5.92 Å². The Balaban J connectivity index is 1.26. The Morgan fingerprint density at radius 1 is 1.15 bits per heavy atom. The summed E-state index contributed by atoms with van der Waals surface area (Å²) in [4.78, 5) is 18.8. The molecular formula is C29H35N3O. The van der Waals surface area contributed by atoms with Gasteiger partial charge in [0.1, 0.15) is 0 Å². The minimum Gasteiger partial charge on any atom is -0.357 e. The molecule has 1 aliphatic carbocycles. The van der Waals surface area contributed by atoms with Crippen LogP contribution >= 0.6 is 0 Å². The molecule has 0 spiro atoms. The summed E-state index contributed by atoms with van der Waals surface area (Å²) >= 11 is 0. The number of allylic oxidation sites excluding steroid dienone is 1. The fourth-order valence-corrected chi connectivity index (χ4v) is 6.03. The van der Waals surface area contributed by atoms with Gasteiger partial charge in [0.2, 0.25) is 0 Å². The lowest BCUT2D eigenvalue weighted by Crippen LogP contribution is -2.32. The van der Waals surface area contributed by atoms with Gasteiger partial charge < -0.3 is 10.3 Å². The van der Waals surface area contributed by atoms with Crippen LogP contribution < -0.4 is 5.32 Å². The minimum absolute atomic E-state index is 0.0209. The molecule has 1 aliphatic heterocycles. The van der Waals surface area contributed by atoms with E-state index in [4.69, 9.17) is 0 Å². The number of fused-ring (bicyclic) bond motifs is 3. The number of nitrogens with zero attached hydrogens (tertiary/aromatic N) is 1. The van der Waals surface area contributed by atoms with Crippen LogP contribution in [0.3, 0.4) is 0 Å². The third-order valence-corrected chi connectivity index (χ3v) is 7.55. The number of likely N-dealkylation sites (N-methyl/N-ethyl adjacent to an activating group) is 1. The van der Waals surface area contributed by atoms with E-state index >= 15 is 0 Å². The topological polar surface area (TPSA) is 48.1 Å². The number of rotatable bonds is 5. The average molecular weight is 442 g/mol. The van der Waals surface area contributed by atoms with Gasteiger partial charge >= 0.3 is 0 Å². The second-order valence-electron chi connectivity index (χ2n) is 10.2. The largest absolute Gasteiger partial charge is 0.357 e. The summed E-state index contributed by atoms with van der Waals surface area (Å²) in [6, 6.07) is 16.9. The summed E-state index contributed by atoms with van der Waals surface area (Å²) in [7, 11) is 2.18. The maximum Gasteiger partial charge on any atom is 0.251 e. The smallest absolute Gasteiger partial charge is 0.251 e. The van der Waals surface area contributed by atoms with E-state index in [-0.39, 0.29) is 11.9 Å². The second-order valence-corrected chi connectivity index (χ2v) is 10.2. The molecule has 3 unspecified atom stereocenters. The lowest BCUT2D eigenvalue weighted by Gasteiger charge is -2.33. The molecule has 1 saturated carbocycles. The molecule has 1 aromatic heterocycles. The summed E-state index contributed by atoms with van der Waals surface area (Å²) in [6.45, 7) is 8.25. The van der Waals surface area contributed by atoms with Crippen molar-refractivity contribution < 1.29 is 4.79 Å². The highest BCUT2D eigenvalue weighted by Gasteiger charge is 2.29. The van der Waals surface area contributed by atoms with Gasteiger partial charge in [-0.3, -0.25) is 9.69 Å². The fourth-order valence-electron chi connectivity index (χ4n) is 6.03. The average Bonchev–Trinajstić information content (AvgIpc) is 3.17. The van der Waals surface area contributed by atoms with Crippen LogP contribution in [0.2, 0.25) is 0 Å². The molecule has 0 bridgehead atoms. The van der Waals surface area contributed by atoms with E-state index in [9.17, 15) is 4.79 Å². The van der Waals surface area contributed by atoms with Crippen LogP contribution in [0.5, 0.6) is 0 Å². The molecule has 0 radical (unpaired) electrons. The van der Waals surface area contributed by atoms with Crippen molar-refractivity contribution in [3.8, 4) is 0 Å². The van der Waals surface area contributed by atoms with Crippen LogP contribution in [-0.4, -0.2) is 35.9 Å². The number of benzene rings is 2. The molecule has 172 valence electrons. The zero-order valence-corrected chi connectivity index (χ0v) is 19.9. The number of hydrogen-bond donors (Lipinski definition) is 2. The number of para-hydroxylation sites is 1. The first kappa shape index (κ1) is 22.0. The molecule has 2 heterocycles. The molecule has 2 N–H and O–H groups in total. The van der Waals surface area contributed by atoms with Crippen molar-refractivity contribution in [2.24, 2.45) is 11.8 Å². The molecule has 0 saturated heterocycles. The Bertz CT molecular complexity index is 1160. The third-order valence-electron chi connectivity index (χ3n) is 7.55. The molecule has 5 rings (SSSR count). The number of nitrogens with one attached hydrogen (secondary N) is 2. The van der Waals surface area contributed by atoms with Gasteiger partial charge in [-0.1, -0.05) is 49.4 Å². The Morgan fingerprint density at radius 2 is 1.94 bits per heavy atom. The van der Waals surface area contributed by atoms with Crippen molar-refractivity contribution in [1.29, 1.82) is 0 Å². The zero-order chi connectivity index (χ0) is 22.9. The van der Waals surface area contributed by atoms with Crippen LogP contribution in [0.1, 0.15) is 65.8 Å². The normalized spacial score (nSPS) is 23.5. The SMILES string of the molecule is C=C1CC(C)CC(CCNC(=O)c2ccc(C3c4[nH]c5ccccc5c4CCN3C)cc2)C1. The number of aromatic amines is 1. The van der Waals surface area contributed by atoms with Gasteiger partial charge in [0, 0.05) is 35.2 Å². The highest BCUT2D eigenvalue weighted by atomic mass is 16.1. The Kier molecular flexibility index (Phi) is 6.11. The predicted molar refractivity (Wildman–Crippen MR) is 136 cm³/mol. The van der Waals surface area contributed by atoms with Gasteiger partial charge in [0.25, 0.3) is 5.91 Å². The first-order valence-electron chi connectivity index (χ1n) is 12.3. The van der Waals surface area contributed by atoms with E-state index in [2.05, 4.69) is 72.1 Å². The zero-order valence-electron chi connectivity index (χ0n) is 19.9. The van der Waals surface area contributed by atoms with Crippen LogP contribution in [-0.2, 0) is 6.42 Å². The van der Waals surface area contributed by atoms with E-state index in [1.54, 1.807) is 0 Å². The number of amides is 1. The van der Waals surface area contributed by atoms with E-state index < -0.39 is 0 Å². The van der Waals surface area contributed by atoms with Gasteiger partial charge in [-0.2, -0.15) is 0 Å². The molecule has 3 atom stereocenters.